The van der Waals surface area contributed by atoms with E-state index in [4.69, 9.17) is 0 Å². The number of benzene rings is 1. The predicted octanol–water partition coefficient (Wildman–Crippen LogP) is 3.93. The van der Waals surface area contributed by atoms with Crippen LogP contribution in [0.3, 0.4) is 0 Å². The number of rotatable bonds is 3. The third-order valence-corrected chi connectivity index (χ3v) is 7.66. The molecule has 0 bridgehead atoms. The second-order valence-corrected chi connectivity index (χ2v) is 9.34. The van der Waals surface area contributed by atoms with E-state index in [-0.39, 0.29) is 17.2 Å². The highest BCUT2D eigenvalue weighted by atomic mass is 16.2. The largest absolute Gasteiger partial charge is 0.342 e. The number of hydrogen-bond donors (Lipinski definition) is 0. The molecule has 1 aromatic heterocycles. The molecule has 5 heteroatoms. The van der Waals surface area contributed by atoms with Gasteiger partial charge in [-0.05, 0) is 61.8 Å². The molecule has 2 aromatic rings. The number of hydrogen-bond acceptors (Lipinski definition) is 3. The third kappa shape index (κ3) is 3.54. The normalized spacial score (nSPS) is 22.0. The molecule has 2 fully saturated rings. The predicted molar refractivity (Wildman–Crippen MR) is 120 cm³/mol. The molecule has 0 radical (unpaired) electrons. The van der Waals surface area contributed by atoms with Crippen molar-refractivity contribution in [3.63, 3.8) is 0 Å². The van der Waals surface area contributed by atoms with Gasteiger partial charge in [-0.1, -0.05) is 31.2 Å². The maximum Gasteiger partial charge on any atom is 0.255 e. The molecule has 31 heavy (non-hydrogen) atoms. The molecule has 1 spiro atoms. The Kier molecular flexibility index (Phi) is 5.28. The van der Waals surface area contributed by atoms with Crippen LogP contribution in [0.5, 0.6) is 0 Å². The zero-order valence-electron chi connectivity index (χ0n) is 18.3. The smallest absolute Gasteiger partial charge is 0.255 e. The quantitative estimate of drug-likeness (QED) is 0.760. The lowest BCUT2D eigenvalue weighted by Gasteiger charge is -2.40. The fourth-order valence-corrected chi connectivity index (χ4v) is 5.83. The van der Waals surface area contributed by atoms with Gasteiger partial charge in [0.25, 0.3) is 5.91 Å². The lowest BCUT2D eigenvalue weighted by atomic mass is 9.73. The van der Waals surface area contributed by atoms with E-state index in [1.54, 1.807) is 6.20 Å². The maximum atomic E-state index is 13.3. The average Bonchev–Trinajstić information content (AvgIpc) is 3.47. The van der Waals surface area contributed by atoms with Crippen LogP contribution in [0.1, 0.15) is 72.1 Å². The van der Waals surface area contributed by atoms with E-state index in [9.17, 15) is 9.59 Å². The Morgan fingerprint density at radius 3 is 2.42 bits per heavy atom. The van der Waals surface area contributed by atoms with Crippen LogP contribution in [-0.4, -0.2) is 52.8 Å². The molecule has 1 atom stereocenters. The van der Waals surface area contributed by atoms with Gasteiger partial charge in [0, 0.05) is 43.5 Å². The molecule has 1 aliphatic carbocycles. The molecule has 3 heterocycles. The van der Waals surface area contributed by atoms with Gasteiger partial charge in [-0.25, -0.2) is 0 Å². The Morgan fingerprint density at radius 1 is 1.00 bits per heavy atom. The summed E-state index contributed by atoms with van der Waals surface area (Å²) in [5.74, 6) is 0.353. The number of nitrogens with zero attached hydrogens (tertiary/aromatic N) is 3. The summed E-state index contributed by atoms with van der Waals surface area (Å²) in [4.78, 5) is 34.7. The molecule has 162 valence electrons. The Bertz CT molecular complexity index is 970. The molecule has 2 aliphatic heterocycles. The molecular formula is C26H31N3O2. The lowest BCUT2D eigenvalue weighted by molar-refractivity contribution is -0.132. The summed E-state index contributed by atoms with van der Waals surface area (Å²) in [5.41, 5.74) is 4.25. The summed E-state index contributed by atoms with van der Waals surface area (Å²) < 4.78 is 0. The summed E-state index contributed by atoms with van der Waals surface area (Å²) >= 11 is 0. The van der Waals surface area contributed by atoms with Gasteiger partial charge >= 0.3 is 0 Å². The number of likely N-dealkylation sites (tertiary alicyclic amines) is 2. The summed E-state index contributed by atoms with van der Waals surface area (Å²) in [6, 6.07) is 12.4. The van der Waals surface area contributed by atoms with Crippen LogP contribution in [0.15, 0.2) is 42.6 Å². The first-order valence-electron chi connectivity index (χ1n) is 11.7. The third-order valence-electron chi connectivity index (χ3n) is 7.66. The van der Waals surface area contributed by atoms with E-state index >= 15 is 0 Å². The van der Waals surface area contributed by atoms with Gasteiger partial charge in [-0.15, -0.1) is 0 Å². The molecule has 5 rings (SSSR count). The van der Waals surface area contributed by atoms with Crippen LogP contribution in [0.4, 0.5) is 0 Å². The molecule has 2 amide bonds. The number of carbonyl (C=O) groups is 2. The van der Waals surface area contributed by atoms with E-state index in [2.05, 4.69) is 41.1 Å². The van der Waals surface area contributed by atoms with Crippen molar-refractivity contribution < 1.29 is 9.59 Å². The zero-order valence-corrected chi connectivity index (χ0v) is 18.3. The van der Waals surface area contributed by atoms with Crippen LogP contribution >= 0.6 is 0 Å². The number of amides is 2. The minimum atomic E-state index is -0.0256. The first kappa shape index (κ1) is 20.2. The first-order valence-corrected chi connectivity index (χ1v) is 11.7. The molecule has 3 aliphatic rings. The number of fused-ring (bicyclic) bond motifs is 2. The fraction of sp³-hybridized carbons (Fsp3) is 0.500. The second-order valence-electron chi connectivity index (χ2n) is 9.34. The Hall–Kier alpha value is -2.69. The Balaban J connectivity index is 1.33. The highest BCUT2D eigenvalue weighted by Crippen LogP contribution is 2.52. The number of piperidine rings is 1. The van der Waals surface area contributed by atoms with Crippen molar-refractivity contribution in [2.45, 2.75) is 56.8 Å². The highest BCUT2D eigenvalue weighted by Gasteiger charge is 2.48. The SMILES string of the molecule is CCc1ccc(C(=O)N2CCC3(CC2)CC(C(=O)N2CCCC2)c2ccccc23)cn1. The van der Waals surface area contributed by atoms with Gasteiger partial charge in [-0.2, -0.15) is 0 Å². The van der Waals surface area contributed by atoms with E-state index in [1.165, 1.54) is 11.1 Å². The van der Waals surface area contributed by atoms with Gasteiger partial charge in [0.2, 0.25) is 5.91 Å². The monoisotopic (exact) mass is 417 g/mol. The Labute approximate surface area is 184 Å². The van der Waals surface area contributed by atoms with Crippen LogP contribution in [0, 0.1) is 0 Å². The summed E-state index contributed by atoms with van der Waals surface area (Å²) in [7, 11) is 0. The number of pyridine rings is 1. The van der Waals surface area contributed by atoms with E-state index in [0.717, 1.165) is 70.4 Å². The van der Waals surface area contributed by atoms with Gasteiger partial charge in [0.05, 0.1) is 11.5 Å². The van der Waals surface area contributed by atoms with Crippen LogP contribution in [0.2, 0.25) is 0 Å². The molecule has 1 aromatic carbocycles. The summed E-state index contributed by atoms with van der Waals surface area (Å²) in [6.45, 7) is 5.32. The van der Waals surface area contributed by atoms with Crippen molar-refractivity contribution in [2.24, 2.45) is 0 Å². The number of aromatic nitrogens is 1. The van der Waals surface area contributed by atoms with Crippen molar-refractivity contribution >= 4 is 11.8 Å². The summed E-state index contributed by atoms with van der Waals surface area (Å²) in [6.07, 6.45) is 7.54. The molecule has 0 saturated carbocycles. The minimum Gasteiger partial charge on any atom is -0.342 e. The van der Waals surface area contributed by atoms with Crippen molar-refractivity contribution in [1.82, 2.24) is 14.8 Å². The molecule has 1 unspecified atom stereocenters. The molecule has 0 N–H and O–H groups in total. The van der Waals surface area contributed by atoms with E-state index in [1.807, 2.05) is 17.0 Å². The molecule has 2 saturated heterocycles. The van der Waals surface area contributed by atoms with Gasteiger partial charge in [0.1, 0.15) is 0 Å². The lowest BCUT2D eigenvalue weighted by Crippen LogP contribution is -2.44. The van der Waals surface area contributed by atoms with Crippen molar-refractivity contribution in [3.8, 4) is 0 Å². The molecule has 5 nitrogen and oxygen atoms in total. The first-order chi connectivity index (χ1) is 15.1. The van der Waals surface area contributed by atoms with Crippen molar-refractivity contribution in [1.29, 1.82) is 0 Å². The maximum absolute atomic E-state index is 13.3. The van der Waals surface area contributed by atoms with Gasteiger partial charge < -0.3 is 9.80 Å². The standard InChI is InChI=1S/C26H31N3O2/c1-2-20-10-9-19(18-27-20)24(30)29-15-11-26(12-16-29)17-22(21-7-3-4-8-23(21)26)25(31)28-13-5-6-14-28/h3-4,7-10,18,22H,2,5-6,11-17H2,1H3. The van der Waals surface area contributed by atoms with Gasteiger partial charge in [-0.3, -0.25) is 14.6 Å². The average molecular weight is 418 g/mol. The van der Waals surface area contributed by atoms with Crippen LogP contribution < -0.4 is 0 Å². The second kappa shape index (κ2) is 8.10. The van der Waals surface area contributed by atoms with E-state index < -0.39 is 0 Å². The summed E-state index contributed by atoms with van der Waals surface area (Å²) in [5, 5.41) is 0. The van der Waals surface area contributed by atoms with Gasteiger partial charge in [0.15, 0.2) is 0 Å². The van der Waals surface area contributed by atoms with E-state index in [0.29, 0.717) is 11.5 Å². The fourth-order valence-electron chi connectivity index (χ4n) is 5.83. The van der Waals surface area contributed by atoms with Crippen LogP contribution in [0.25, 0.3) is 0 Å². The molecular weight excluding hydrogens is 386 g/mol. The minimum absolute atomic E-state index is 0.0116. The highest BCUT2D eigenvalue weighted by molar-refractivity contribution is 5.94. The zero-order chi connectivity index (χ0) is 21.4. The van der Waals surface area contributed by atoms with Crippen molar-refractivity contribution in [2.75, 3.05) is 26.2 Å². The Morgan fingerprint density at radius 2 is 1.74 bits per heavy atom. The number of carbonyl (C=O) groups excluding carboxylic acids is 2. The van der Waals surface area contributed by atoms with Crippen molar-refractivity contribution in [3.05, 3.63) is 65.0 Å². The number of aryl methyl sites for hydroxylation is 1. The van der Waals surface area contributed by atoms with Crippen LogP contribution in [-0.2, 0) is 16.6 Å². The topological polar surface area (TPSA) is 53.5 Å².